The molecule has 0 saturated heterocycles. The van der Waals surface area contributed by atoms with E-state index in [-0.39, 0.29) is 16.6 Å². The molecule has 0 unspecified atom stereocenters. The van der Waals surface area contributed by atoms with Crippen LogP contribution in [0.3, 0.4) is 0 Å². The Bertz CT molecular complexity index is 1010. The molecule has 0 aliphatic carbocycles. The molecule has 7 heteroatoms. The Balaban J connectivity index is 1.81. The van der Waals surface area contributed by atoms with Crippen molar-refractivity contribution in [2.45, 2.75) is 6.92 Å². The zero-order chi connectivity index (χ0) is 20.1. The largest absolute Gasteiger partial charge is 0.321 e. The summed E-state index contributed by atoms with van der Waals surface area (Å²) in [4.78, 5) is 31.0. The van der Waals surface area contributed by atoms with Gasteiger partial charge < -0.3 is 10.2 Å². The number of amides is 2. The maximum Gasteiger partial charge on any atom is 0.274 e. The number of halogens is 2. The topological polar surface area (TPSA) is 62.3 Å². The summed E-state index contributed by atoms with van der Waals surface area (Å²) in [6.45, 7) is 2.35. The van der Waals surface area contributed by atoms with Crippen molar-refractivity contribution in [1.82, 2.24) is 4.98 Å². The summed E-state index contributed by atoms with van der Waals surface area (Å²) in [6.07, 6.45) is 1.40. The third-order valence-electron chi connectivity index (χ3n) is 4.05. The molecule has 0 atom stereocenters. The predicted octanol–water partition coefficient (Wildman–Crippen LogP) is 4.79. The van der Waals surface area contributed by atoms with Crippen LogP contribution in [0.4, 0.5) is 15.8 Å². The van der Waals surface area contributed by atoms with E-state index in [1.165, 1.54) is 24.4 Å². The van der Waals surface area contributed by atoms with Gasteiger partial charge in [-0.15, -0.1) is 0 Å². The molecule has 5 nitrogen and oxygen atoms in total. The molecule has 0 aliphatic rings. The minimum Gasteiger partial charge on any atom is -0.321 e. The molecule has 2 amide bonds. The van der Waals surface area contributed by atoms with Gasteiger partial charge >= 0.3 is 0 Å². The first-order chi connectivity index (χ1) is 13.5. The molecule has 1 heterocycles. The third-order valence-corrected chi connectivity index (χ3v) is 4.34. The minimum absolute atomic E-state index is 0.0652. The van der Waals surface area contributed by atoms with Crippen LogP contribution < -0.4 is 10.2 Å². The Morgan fingerprint density at radius 3 is 2.54 bits per heavy atom. The Morgan fingerprint density at radius 2 is 1.86 bits per heavy atom. The number of nitrogens with zero attached hydrogens (tertiary/aromatic N) is 2. The van der Waals surface area contributed by atoms with E-state index in [0.29, 0.717) is 17.8 Å². The van der Waals surface area contributed by atoms with E-state index in [1.54, 1.807) is 11.0 Å². The summed E-state index contributed by atoms with van der Waals surface area (Å²) in [7, 11) is 0. The van der Waals surface area contributed by atoms with Gasteiger partial charge in [-0.2, -0.15) is 0 Å². The summed E-state index contributed by atoms with van der Waals surface area (Å²) in [5.74, 6) is -1.35. The lowest BCUT2D eigenvalue weighted by molar-refractivity contribution is 0.0988. The number of aromatic nitrogens is 1. The monoisotopic (exact) mass is 397 g/mol. The van der Waals surface area contributed by atoms with Crippen molar-refractivity contribution in [3.8, 4) is 0 Å². The highest BCUT2D eigenvalue weighted by atomic mass is 35.5. The fourth-order valence-electron chi connectivity index (χ4n) is 2.66. The smallest absolute Gasteiger partial charge is 0.274 e. The Morgan fingerprint density at radius 1 is 1.11 bits per heavy atom. The predicted molar refractivity (Wildman–Crippen MR) is 107 cm³/mol. The summed E-state index contributed by atoms with van der Waals surface area (Å²) in [5.41, 5.74) is 1.49. The van der Waals surface area contributed by atoms with Gasteiger partial charge in [0, 0.05) is 29.7 Å². The van der Waals surface area contributed by atoms with E-state index < -0.39 is 11.7 Å². The van der Waals surface area contributed by atoms with E-state index in [9.17, 15) is 14.0 Å². The SMILES string of the molecule is CCN(C(=O)c1ccnc(C(=O)Nc2ccc(F)c(Cl)c2)c1)c1ccccc1. The number of rotatable bonds is 5. The van der Waals surface area contributed by atoms with Crippen LogP contribution in [0.2, 0.25) is 5.02 Å². The van der Waals surface area contributed by atoms with Crippen molar-refractivity contribution < 1.29 is 14.0 Å². The Labute approximate surface area is 166 Å². The standard InChI is InChI=1S/C21H17ClFN3O2/c1-2-26(16-6-4-3-5-7-16)21(28)14-10-11-24-19(12-14)20(27)25-15-8-9-18(23)17(22)13-15/h3-13H,2H2,1H3,(H,25,27). The molecule has 1 aromatic heterocycles. The zero-order valence-corrected chi connectivity index (χ0v) is 15.8. The summed E-state index contributed by atoms with van der Waals surface area (Å²) >= 11 is 5.73. The highest BCUT2D eigenvalue weighted by Crippen LogP contribution is 2.20. The van der Waals surface area contributed by atoms with Gasteiger partial charge in [0.15, 0.2) is 0 Å². The van der Waals surface area contributed by atoms with Gasteiger partial charge in [0.25, 0.3) is 11.8 Å². The van der Waals surface area contributed by atoms with Gasteiger partial charge in [0.05, 0.1) is 5.02 Å². The van der Waals surface area contributed by atoms with Crippen molar-refractivity contribution in [1.29, 1.82) is 0 Å². The number of hydrogen-bond acceptors (Lipinski definition) is 3. The van der Waals surface area contributed by atoms with Crippen LogP contribution in [0.1, 0.15) is 27.8 Å². The number of para-hydroxylation sites is 1. The van der Waals surface area contributed by atoms with Crippen LogP contribution in [-0.2, 0) is 0 Å². The number of nitrogens with one attached hydrogen (secondary N) is 1. The lowest BCUT2D eigenvalue weighted by atomic mass is 10.1. The van der Waals surface area contributed by atoms with Crippen LogP contribution in [0.5, 0.6) is 0 Å². The second-order valence-corrected chi connectivity index (χ2v) is 6.30. The van der Waals surface area contributed by atoms with Crippen molar-refractivity contribution in [2.75, 3.05) is 16.8 Å². The van der Waals surface area contributed by atoms with E-state index in [0.717, 1.165) is 11.8 Å². The van der Waals surface area contributed by atoms with Crippen LogP contribution in [0.15, 0.2) is 66.9 Å². The third kappa shape index (κ3) is 4.35. The number of benzene rings is 2. The summed E-state index contributed by atoms with van der Waals surface area (Å²) in [6, 6.07) is 16.1. The first-order valence-electron chi connectivity index (χ1n) is 8.59. The highest BCUT2D eigenvalue weighted by Gasteiger charge is 2.18. The second-order valence-electron chi connectivity index (χ2n) is 5.90. The molecule has 0 bridgehead atoms. The van der Waals surface area contributed by atoms with Crippen molar-refractivity contribution in [2.24, 2.45) is 0 Å². The molecule has 0 aliphatic heterocycles. The molecular weight excluding hydrogens is 381 g/mol. The number of anilines is 2. The zero-order valence-electron chi connectivity index (χ0n) is 15.0. The van der Waals surface area contributed by atoms with Crippen LogP contribution in [0.25, 0.3) is 0 Å². The molecule has 28 heavy (non-hydrogen) atoms. The van der Waals surface area contributed by atoms with Crippen LogP contribution in [-0.4, -0.2) is 23.3 Å². The minimum atomic E-state index is -0.578. The van der Waals surface area contributed by atoms with Crippen molar-refractivity contribution in [3.63, 3.8) is 0 Å². The van der Waals surface area contributed by atoms with E-state index >= 15 is 0 Å². The quantitative estimate of drug-likeness (QED) is 0.673. The van der Waals surface area contributed by atoms with E-state index in [2.05, 4.69) is 10.3 Å². The van der Waals surface area contributed by atoms with Gasteiger partial charge in [-0.05, 0) is 49.4 Å². The number of hydrogen-bond donors (Lipinski definition) is 1. The fourth-order valence-corrected chi connectivity index (χ4v) is 2.84. The lowest BCUT2D eigenvalue weighted by Crippen LogP contribution is -2.30. The number of carbonyl (C=O) groups is 2. The lowest BCUT2D eigenvalue weighted by Gasteiger charge is -2.21. The second kappa shape index (κ2) is 8.63. The van der Waals surface area contributed by atoms with Gasteiger partial charge in [-0.25, -0.2) is 4.39 Å². The fraction of sp³-hybridized carbons (Fsp3) is 0.0952. The summed E-state index contributed by atoms with van der Waals surface area (Å²) in [5, 5.41) is 2.49. The molecular formula is C21H17ClFN3O2. The molecule has 0 saturated carbocycles. The van der Waals surface area contributed by atoms with E-state index in [1.807, 2.05) is 37.3 Å². The molecule has 0 radical (unpaired) electrons. The molecule has 3 aromatic rings. The van der Waals surface area contributed by atoms with Gasteiger partial charge in [0.2, 0.25) is 0 Å². The number of pyridine rings is 1. The average Bonchev–Trinajstić information content (AvgIpc) is 2.72. The molecule has 0 spiro atoms. The average molecular weight is 398 g/mol. The summed E-state index contributed by atoms with van der Waals surface area (Å²) < 4.78 is 13.3. The maximum atomic E-state index is 13.3. The first-order valence-corrected chi connectivity index (χ1v) is 8.96. The van der Waals surface area contributed by atoms with Crippen molar-refractivity contribution >= 4 is 34.8 Å². The Hall–Kier alpha value is -3.25. The van der Waals surface area contributed by atoms with Crippen molar-refractivity contribution in [3.05, 3.63) is 89.0 Å². The highest BCUT2D eigenvalue weighted by molar-refractivity contribution is 6.31. The van der Waals surface area contributed by atoms with Crippen LogP contribution >= 0.6 is 11.6 Å². The molecule has 0 fully saturated rings. The normalized spacial score (nSPS) is 10.4. The number of carbonyl (C=O) groups excluding carboxylic acids is 2. The van der Waals surface area contributed by atoms with E-state index in [4.69, 9.17) is 11.6 Å². The van der Waals surface area contributed by atoms with Gasteiger partial charge in [-0.3, -0.25) is 14.6 Å². The Kier molecular flexibility index (Phi) is 6.01. The maximum absolute atomic E-state index is 13.3. The molecule has 142 valence electrons. The van der Waals surface area contributed by atoms with Crippen LogP contribution in [0, 0.1) is 5.82 Å². The van der Waals surface area contributed by atoms with Gasteiger partial charge in [-0.1, -0.05) is 29.8 Å². The first kappa shape index (κ1) is 19.5. The molecule has 1 N–H and O–H groups in total. The molecule has 2 aromatic carbocycles. The van der Waals surface area contributed by atoms with Gasteiger partial charge in [0.1, 0.15) is 11.5 Å². The molecule has 3 rings (SSSR count).